The van der Waals surface area contributed by atoms with E-state index in [4.69, 9.17) is 16.3 Å². The van der Waals surface area contributed by atoms with Gasteiger partial charge in [-0.2, -0.15) is 5.10 Å². The first-order valence-corrected chi connectivity index (χ1v) is 7.23. The Morgan fingerprint density at radius 3 is 3.05 bits per heavy atom. The van der Waals surface area contributed by atoms with E-state index in [0.29, 0.717) is 22.5 Å². The Bertz CT molecular complexity index is 665. The Morgan fingerprint density at radius 1 is 1.48 bits per heavy atom. The topological polar surface area (TPSA) is 56.1 Å². The number of carbonyl (C=O) groups excluding carboxylic acids is 1. The van der Waals surface area contributed by atoms with Gasteiger partial charge in [0.2, 0.25) is 0 Å². The molecule has 1 aromatic carbocycles. The minimum atomic E-state index is -0.134. The number of nitrogens with one attached hydrogen (secondary N) is 1. The molecular formula is C15H16ClN3O2. The standard InChI is InChI=1S/C15H16ClN3O2/c1-10-2-5-12(16)14(8-10)21-9-19-7-6-13(18-19)15(20)17-11-3-4-11/h2,5-8,11H,3-4,9H2,1H3,(H,17,20). The summed E-state index contributed by atoms with van der Waals surface area (Å²) in [5.74, 6) is 0.473. The first-order valence-electron chi connectivity index (χ1n) is 6.85. The van der Waals surface area contributed by atoms with Crippen molar-refractivity contribution in [1.29, 1.82) is 0 Å². The van der Waals surface area contributed by atoms with Gasteiger partial charge in [-0.1, -0.05) is 17.7 Å². The molecule has 110 valence electrons. The molecule has 0 spiro atoms. The molecular weight excluding hydrogens is 290 g/mol. The van der Waals surface area contributed by atoms with Crippen molar-refractivity contribution in [3.63, 3.8) is 0 Å². The molecule has 1 fully saturated rings. The van der Waals surface area contributed by atoms with Crippen molar-refractivity contribution in [2.45, 2.75) is 32.5 Å². The van der Waals surface area contributed by atoms with Crippen molar-refractivity contribution >= 4 is 17.5 Å². The van der Waals surface area contributed by atoms with Crippen LogP contribution < -0.4 is 10.1 Å². The molecule has 1 aromatic heterocycles. The number of halogens is 1. The van der Waals surface area contributed by atoms with E-state index in [2.05, 4.69) is 10.4 Å². The van der Waals surface area contributed by atoms with Crippen LogP contribution in [0.4, 0.5) is 0 Å². The molecule has 2 aromatic rings. The average Bonchev–Trinajstić information content (AvgIpc) is 3.14. The van der Waals surface area contributed by atoms with Crippen LogP contribution in [0.1, 0.15) is 28.9 Å². The predicted molar refractivity (Wildman–Crippen MR) is 79.5 cm³/mol. The Kier molecular flexibility index (Phi) is 3.84. The number of aryl methyl sites for hydroxylation is 1. The van der Waals surface area contributed by atoms with E-state index in [0.717, 1.165) is 18.4 Å². The zero-order valence-electron chi connectivity index (χ0n) is 11.7. The van der Waals surface area contributed by atoms with Gasteiger partial charge in [-0.25, -0.2) is 4.68 Å². The number of aromatic nitrogens is 2. The van der Waals surface area contributed by atoms with Gasteiger partial charge in [0.1, 0.15) is 11.4 Å². The van der Waals surface area contributed by atoms with Crippen LogP contribution in [-0.4, -0.2) is 21.7 Å². The lowest BCUT2D eigenvalue weighted by Gasteiger charge is -2.08. The van der Waals surface area contributed by atoms with Gasteiger partial charge >= 0.3 is 0 Å². The number of hydrogen-bond donors (Lipinski definition) is 1. The molecule has 5 nitrogen and oxygen atoms in total. The van der Waals surface area contributed by atoms with Gasteiger partial charge in [-0.3, -0.25) is 4.79 Å². The summed E-state index contributed by atoms with van der Waals surface area (Å²) in [6.07, 6.45) is 3.83. The van der Waals surface area contributed by atoms with Crippen LogP contribution in [0.2, 0.25) is 5.02 Å². The Hall–Kier alpha value is -2.01. The Labute approximate surface area is 127 Å². The smallest absolute Gasteiger partial charge is 0.271 e. The maximum absolute atomic E-state index is 11.8. The molecule has 0 radical (unpaired) electrons. The molecule has 1 saturated carbocycles. The first-order chi connectivity index (χ1) is 10.1. The molecule has 1 N–H and O–H groups in total. The number of nitrogens with zero attached hydrogens (tertiary/aromatic N) is 2. The second kappa shape index (κ2) is 5.77. The second-order valence-electron chi connectivity index (χ2n) is 5.20. The zero-order chi connectivity index (χ0) is 14.8. The second-order valence-corrected chi connectivity index (χ2v) is 5.60. The number of benzene rings is 1. The van der Waals surface area contributed by atoms with Gasteiger partial charge in [-0.05, 0) is 43.5 Å². The average molecular weight is 306 g/mol. The van der Waals surface area contributed by atoms with Gasteiger partial charge < -0.3 is 10.1 Å². The summed E-state index contributed by atoms with van der Waals surface area (Å²) >= 11 is 6.06. The lowest BCUT2D eigenvalue weighted by atomic mass is 10.2. The van der Waals surface area contributed by atoms with E-state index in [1.807, 2.05) is 19.1 Å². The highest BCUT2D eigenvalue weighted by atomic mass is 35.5. The maximum atomic E-state index is 11.8. The lowest BCUT2D eigenvalue weighted by Crippen LogP contribution is -2.26. The van der Waals surface area contributed by atoms with E-state index in [-0.39, 0.29) is 12.6 Å². The summed E-state index contributed by atoms with van der Waals surface area (Å²) in [6, 6.07) is 7.59. The highest BCUT2D eigenvalue weighted by Crippen LogP contribution is 2.25. The first kappa shape index (κ1) is 13.9. The molecule has 3 rings (SSSR count). The molecule has 0 unspecified atom stereocenters. The van der Waals surface area contributed by atoms with E-state index < -0.39 is 0 Å². The minimum Gasteiger partial charge on any atom is -0.470 e. The van der Waals surface area contributed by atoms with E-state index in [1.54, 1.807) is 23.0 Å². The van der Waals surface area contributed by atoms with E-state index >= 15 is 0 Å². The lowest BCUT2D eigenvalue weighted by molar-refractivity contribution is 0.0944. The van der Waals surface area contributed by atoms with Crippen molar-refractivity contribution in [3.05, 3.63) is 46.7 Å². The molecule has 1 amide bonds. The van der Waals surface area contributed by atoms with Gasteiger partial charge in [-0.15, -0.1) is 0 Å². The van der Waals surface area contributed by atoms with Crippen molar-refractivity contribution in [3.8, 4) is 5.75 Å². The zero-order valence-corrected chi connectivity index (χ0v) is 12.4. The fourth-order valence-electron chi connectivity index (χ4n) is 1.90. The van der Waals surface area contributed by atoms with Crippen LogP contribution in [0.25, 0.3) is 0 Å². The Morgan fingerprint density at radius 2 is 2.29 bits per heavy atom. The van der Waals surface area contributed by atoms with Crippen LogP contribution in [0.5, 0.6) is 5.75 Å². The normalized spacial score (nSPS) is 14.0. The molecule has 0 bridgehead atoms. The van der Waals surface area contributed by atoms with E-state index in [9.17, 15) is 4.79 Å². The quantitative estimate of drug-likeness (QED) is 0.924. The molecule has 0 saturated heterocycles. The largest absolute Gasteiger partial charge is 0.470 e. The van der Waals surface area contributed by atoms with Crippen molar-refractivity contribution in [2.75, 3.05) is 0 Å². The summed E-state index contributed by atoms with van der Waals surface area (Å²) in [7, 11) is 0. The third-order valence-electron chi connectivity index (χ3n) is 3.22. The fourth-order valence-corrected chi connectivity index (χ4v) is 2.07. The van der Waals surface area contributed by atoms with Crippen molar-refractivity contribution in [2.24, 2.45) is 0 Å². The van der Waals surface area contributed by atoms with Crippen LogP contribution in [0, 0.1) is 6.92 Å². The molecule has 6 heteroatoms. The van der Waals surface area contributed by atoms with Gasteiger partial charge in [0.15, 0.2) is 6.73 Å². The third-order valence-corrected chi connectivity index (χ3v) is 3.54. The van der Waals surface area contributed by atoms with Crippen molar-refractivity contribution < 1.29 is 9.53 Å². The van der Waals surface area contributed by atoms with Gasteiger partial charge in [0.25, 0.3) is 5.91 Å². The van der Waals surface area contributed by atoms with Crippen LogP contribution in [0.15, 0.2) is 30.5 Å². The van der Waals surface area contributed by atoms with E-state index in [1.165, 1.54) is 0 Å². The maximum Gasteiger partial charge on any atom is 0.271 e. The highest BCUT2D eigenvalue weighted by molar-refractivity contribution is 6.32. The highest BCUT2D eigenvalue weighted by Gasteiger charge is 2.24. The van der Waals surface area contributed by atoms with Crippen LogP contribution >= 0.6 is 11.6 Å². The molecule has 1 aliphatic carbocycles. The monoisotopic (exact) mass is 305 g/mol. The summed E-state index contributed by atoms with van der Waals surface area (Å²) < 4.78 is 7.20. The fraction of sp³-hybridized carbons (Fsp3) is 0.333. The summed E-state index contributed by atoms with van der Waals surface area (Å²) in [5.41, 5.74) is 1.47. The number of amides is 1. The minimum absolute atomic E-state index is 0.134. The van der Waals surface area contributed by atoms with Crippen LogP contribution in [0.3, 0.4) is 0 Å². The van der Waals surface area contributed by atoms with Crippen LogP contribution in [-0.2, 0) is 6.73 Å². The summed E-state index contributed by atoms with van der Waals surface area (Å²) in [4.78, 5) is 11.8. The molecule has 1 aliphatic rings. The SMILES string of the molecule is Cc1ccc(Cl)c(OCn2ccc(C(=O)NC3CC3)n2)c1. The number of ether oxygens (including phenoxy) is 1. The number of carbonyl (C=O) groups is 1. The molecule has 1 heterocycles. The van der Waals surface area contributed by atoms with Gasteiger partial charge in [0, 0.05) is 12.2 Å². The van der Waals surface area contributed by atoms with Crippen molar-refractivity contribution in [1.82, 2.24) is 15.1 Å². The predicted octanol–water partition coefficient (Wildman–Crippen LogP) is 2.77. The molecule has 0 atom stereocenters. The summed E-state index contributed by atoms with van der Waals surface area (Å²) in [6.45, 7) is 2.18. The summed E-state index contributed by atoms with van der Waals surface area (Å²) in [5, 5.41) is 7.65. The third kappa shape index (κ3) is 3.55. The Balaban J connectivity index is 1.61. The molecule has 0 aliphatic heterocycles. The number of rotatable bonds is 5. The van der Waals surface area contributed by atoms with Gasteiger partial charge in [0.05, 0.1) is 5.02 Å². The number of hydrogen-bond acceptors (Lipinski definition) is 3. The molecule has 21 heavy (non-hydrogen) atoms.